The Bertz CT molecular complexity index is 805. The number of carbonyl (C=O) groups excluding carboxylic acids is 2. The van der Waals surface area contributed by atoms with Crippen LogP contribution in [0.4, 0.5) is 0 Å². The van der Waals surface area contributed by atoms with Crippen LogP contribution in [0.15, 0.2) is 29.1 Å². The van der Waals surface area contributed by atoms with Gasteiger partial charge in [-0.3, -0.25) is 9.59 Å². The molecule has 2 aromatic heterocycles. The normalized spacial score (nSPS) is 23.8. The summed E-state index contributed by atoms with van der Waals surface area (Å²) in [5, 5.41) is 3.08. The molecule has 4 rings (SSSR count). The third kappa shape index (κ3) is 2.94. The topological polar surface area (TPSA) is 80.4 Å². The molecule has 1 aliphatic heterocycles. The monoisotopic (exact) mass is 342 g/mol. The van der Waals surface area contributed by atoms with Crippen LogP contribution in [0.3, 0.4) is 0 Å². The number of hydrogen-bond acceptors (Lipinski definition) is 4. The van der Waals surface area contributed by atoms with Crippen molar-refractivity contribution in [3.8, 4) is 0 Å². The molecule has 132 valence electrons. The van der Waals surface area contributed by atoms with Crippen molar-refractivity contribution in [3.63, 3.8) is 0 Å². The molecule has 2 fully saturated rings. The summed E-state index contributed by atoms with van der Waals surface area (Å²) in [6.45, 7) is 1.81. The highest BCUT2D eigenvalue weighted by Gasteiger charge is 2.45. The molecule has 2 atom stereocenters. The van der Waals surface area contributed by atoms with Gasteiger partial charge in [0.05, 0.1) is 30.3 Å². The van der Waals surface area contributed by atoms with Crippen molar-refractivity contribution in [1.82, 2.24) is 19.8 Å². The molecule has 0 bridgehead atoms. The van der Waals surface area contributed by atoms with E-state index in [1.165, 1.54) is 0 Å². The first kappa shape index (κ1) is 15.9. The Morgan fingerprint density at radius 3 is 2.72 bits per heavy atom. The van der Waals surface area contributed by atoms with E-state index in [-0.39, 0.29) is 29.9 Å². The zero-order chi connectivity index (χ0) is 17.6. The van der Waals surface area contributed by atoms with Gasteiger partial charge in [0.2, 0.25) is 5.91 Å². The molecule has 7 heteroatoms. The van der Waals surface area contributed by atoms with E-state index in [1.54, 1.807) is 24.7 Å². The van der Waals surface area contributed by atoms with Gasteiger partial charge < -0.3 is 19.2 Å². The van der Waals surface area contributed by atoms with Crippen LogP contribution in [0, 0.1) is 6.92 Å². The summed E-state index contributed by atoms with van der Waals surface area (Å²) in [5.41, 5.74) is 0.945. The molecule has 2 aliphatic rings. The number of rotatable bonds is 4. The molecule has 1 saturated heterocycles. The molecule has 0 unspecified atom stereocenters. The third-order valence-electron chi connectivity index (χ3n) is 5.02. The summed E-state index contributed by atoms with van der Waals surface area (Å²) in [6, 6.07) is 3.37. The van der Waals surface area contributed by atoms with E-state index in [2.05, 4.69) is 10.3 Å². The third-order valence-corrected chi connectivity index (χ3v) is 5.02. The number of carbonyl (C=O) groups is 2. The fraction of sp³-hybridized carbons (Fsp3) is 0.500. The quantitative estimate of drug-likeness (QED) is 0.921. The largest absolute Gasteiger partial charge is 0.456 e. The molecule has 2 amide bonds. The van der Waals surface area contributed by atoms with E-state index in [0.29, 0.717) is 24.4 Å². The van der Waals surface area contributed by atoms with E-state index in [4.69, 9.17) is 4.42 Å². The summed E-state index contributed by atoms with van der Waals surface area (Å²) < 4.78 is 7.36. The van der Waals surface area contributed by atoms with Crippen LogP contribution >= 0.6 is 0 Å². The summed E-state index contributed by atoms with van der Waals surface area (Å²) in [7, 11) is 1.92. The van der Waals surface area contributed by atoms with Crippen LogP contribution in [-0.4, -0.2) is 38.3 Å². The van der Waals surface area contributed by atoms with Crippen LogP contribution in [0.1, 0.15) is 53.7 Å². The molecular formula is C18H22N4O3. The zero-order valence-corrected chi connectivity index (χ0v) is 14.4. The number of aromatic nitrogens is 2. The summed E-state index contributed by atoms with van der Waals surface area (Å²) in [6.07, 6.45) is 6.63. The molecule has 25 heavy (non-hydrogen) atoms. The molecule has 2 aromatic rings. The van der Waals surface area contributed by atoms with Gasteiger partial charge in [-0.2, -0.15) is 0 Å². The molecule has 1 saturated carbocycles. The molecule has 0 radical (unpaired) electrons. The minimum absolute atomic E-state index is 0.160. The Kier molecular flexibility index (Phi) is 3.86. The number of aryl methyl sites for hydroxylation is 2. The number of imidazole rings is 1. The predicted octanol–water partition coefficient (Wildman–Crippen LogP) is 1.95. The van der Waals surface area contributed by atoms with Crippen molar-refractivity contribution in [2.75, 3.05) is 0 Å². The van der Waals surface area contributed by atoms with Crippen LogP contribution in [0.5, 0.6) is 0 Å². The van der Waals surface area contributed by atoms with Gasteiger partial charge in [-0.15, -0.1) is 0 Å². The number of nitrogens with one attached hydrogen (secondary N) is 1. The van der Waals surface area contributed by atoms with E-state index in [1.807, 2.05) is 23.4 Å². The van der Waals surface area contributed by atoms with Gasteiger partial charge in [0, 0.05) is 19.5 Å². The van der Waals surface area contributed by atoms with Gasteiger partial charge >= 0.3 is 0 Å². The summed E-state index contributed by atoms with van der Waals surface area (Å²) >= 11 is 0. The maximum atomic E-state index is 12.6. The predicted molar refractivity (Wildman–Crippen MR) is 89.8 cm³/mol. The van der Waals surface area contributed by atoms with Crippen molar-refractivity contribution in [3.05, 3.63) is 41.9 Å². The number of nitrogens with zero attached hydrogens (tertiary/aromatic N) is 3. The summed E-state index contributed by atoms with van der Waals surface area (Å²) in [4.78, 5) is 31.3. The lowest BCUT2D eigenvalue weighted by Gasteiger charge is -2.41. The second-order valence-electron chi connectivity index (χ2n) is 6.94. The first-order valence-electron chi connectivity index (χ1n) is 8.69. The van der Waals surface area contributed by atoms with Gasteiger partial charge in [0.1, 0.15) is 5.76 Å². The van der Waals surface area contributed by atoms with Crippen LogP contribution in [-0.2, 0) is 11.8 Å². The minimum Gasteiger partial charge on any atom is -0.456 e. The van der Waals surface area contributed by atoms with E-state index in [0.717, 1.165) is 18.5 Å². The van der Waals surface area contributed by atoms with Gasteiger partial charge in [0.15, 0.2) is 5.76 Å². The average Bonchev–Trinajstić information content (AvgIpc) is 3.18. The Morgan fingerprint density at radius 2 is 2.12 bits per heavy atom. The number of hydrogen-bond donors (Lipinski definition) is 1. The molecule has 1 N–H and O–H groups in total. The highest BCUT2D eigenvalue weighted by molar-refractivity contribution is 5.92. The van der Waals surface area contributed by atoms with Gasteiger partial charge in [-0.25, -0.2) is 4.98 Å². The first-order valence-corrected chi connectivity index (χ1v) is 8.69. The Balaban J connectivity index is 1.63. The van der Waals surface area contributed by atoms with Crippen molar-refractivity contribution in [1.29, 1.82) is 0 Å². The molecule has 7 nitrogen and oxygen atoms in total. The van der Waals surface area contributed by atoms with Gasteiger partial charge in [-0.1, -0.05) is 0 Å². The van der Waals surface area contributed by atoms with E-state index in [9.17, 15) is 9.59 Å². The van der Waals surface area contributed by atoms with Crippen molar-refractivity contribution < 1.29 is 14.0 Å². The number of furan rings is 1. The lowest BCUT2D eigenvalue weighted by molar-refractivity contribution is -0.138. The first-order chi connectivity index (χ1) is 12.0. The second kappa shape index (κ2) is 6.06. The van der Waals surface area contributed by atoms with E-state index >= 15 is 0 Å². The van der Waals surface area contributed by atoms with Crippen molar-refractivity contribution in [2.45, 2.75) is 50.7 Å². The number of likely N-dealkylation sites (tertiary alicyclic amines) is 1. The fourth-order valence-corrected chi connectivity index (χ4v) is 3.65. The summed E-state index contributed by atoms with van der Waals surface area (Å²) in [5.74, 6) is 0.922. The standard InChI is InChI=1S/C18H22N4O3/c1-11-3-7-15(25-11)18(24)20-13-6-8-16(23)22(12-4-5-12)17(13)14-9-19-10-21(14)2/h3,7,9-10,12-13,17H,4-6,8H2,1-2H3,(H,20,24)/t13-,17-/m1/s1. The van der Waals surface area contributed by atoms with Crippen molar-refractivity contribution in [2.24, 2.45) is 7.05 Å². The smallest absolute Gasteiger partial charge is 0.287 e. The molecule has 3 heterocycles. The zero-order valence-electron chi connectivity index (χ0n) is 14.4. The lowest BCUT2D eigenvalue weighted by atomic mass is 9.92. The minimum atomic E-state index is -0.240. The molecule has 0 aromatic carbocycles. The Labute approximate surface area is 146 Å². The SMILES string of the molecule is Cc1ccc(C(=O)N[C@@H]2CCC(=O)N(C3CC3)[C@H]2c2cncn2C)o1. The molecular weight excluding hydrogens is 320 g/mol. The van der Waals surface area contributed by atoms with Crippen molar-refractivity contribution >= 4 is 11.8 Å². The van der Waals surface area contributed by atoms with Crippen LogP contribution < -0.4 is 5.32 Å². The molecule has 1 aliphatic carbocycles. The molecule has 0 spiro atoms. The Morgan fingerprint density at radius 1 is 1.32 bits per heavy atom. The number of amides is 2. The van der Waals surface area contributed by atoms with Crippen LogP contribution in [0.2, 0.25) is 0 Å². The van der Waals surface area contributed by atoms with Gasteiger partial charge in [-0.05, 0) is 38.3 Å². The van der Waals surface area contributed by atoms with Crippen LogP contribution in [0.25, 0.3) is 0 Å². The maximum absolute atomic E-state index is 12.6. The maximum Gasteiger partial charge on any atom is 0.287 e. The second-order valence-corrected chi connectivity index (χ2v) is 6.94. The van der Waals surface area contributed by atoms with E-state index < -0.39 is 0 Å². The number of piperidine rings is 1. The highest BCUT2D eigenvalue weighted by Crippen LogP contribution is 2.40. The Hall–Kier alpha value is -2.57. The van der Waals surface area contributed by atoms with Gasteiger partial charge in [0.25, 0.3) is 5.91 Å². The average molecular weight is 342 g/mol. The highest BCUT2D eigenvalue weighted by atomic mass is 16.3. The fourth-order valence-electron chi connectivity index (χ4n) is 3.65. The lowest BCUT2D eigenvalue weighted by Crippen LogP contribution is -2.53.